The summed E-state index contributed by atoms with van der Waals surface area (Å²) in [4.78, 5) is 21.3. The van der Waals surface area contributed by atoms with Gasteiger partial charge in [0.2, 0.25) is 0 Å². The van der Waals surface area contributed by atoms with E-state index in [9.17, 15) is 20.2 Å². The van der Waals surface area contributed by atoms with Crippen molar-refractivity contribution in [1.82, 2.24) is 0 Å². The van der Waals surface area contributed by atoms with E-state index < -0.39 is 9.85 Å². The first-order valence-electron chi connectivity index (χ1n) is 6.83. The third-order valence-electron chi connectivity index (χ3n) is 3.42. The highest BCUT2D eigenvalue weighted by Crippen LogP contribution is 2.32. The highest BCUT2D eigenvalue weighted by Gasteiger charge is 2.19. The zero-order valence-electron chi connectivity index (χ0n) is 12.9. The first-order chi connectivity index (χ1) is 10.8. The third-order valence-corrected chi connectivity index (χ3v) is 3.42. The molecule has 23 heavy (non-hydrogen) atoms. The molecule has 0 unspecified atom stereocenters. The average molecular weight is 316 g/mol. The Balaban J connectivity index is 2.40. The molecule has 0 heterocycles. The lowest BCUT2D eigenvalue weighted by Gasteiger charge is -2.14. The van der Waals surface area contributed by atoms with Crippen LogP contribution in [0.2, 0.25) is 0 Å². The molecule has 0 radical (unpaired) electrons. The molecular weight excluding hydrogens is 300 g/mol. The Morgan fingerprint density at radius 3 is 1.96 bits per heavy atom. The van der Waals surface area contributed by atoms with Crippen LogP contribution >= 0.6 is 0 Å². The standard InChI is InChI=1S/C15H16N4O4/c1-9-7-11(3)15(13(8-9)19(22)23)17-16-14-10(2)5-4-6-12(14)18(20)21/h4-8,16-17H,1-3H3. The number of anilines is 2. The predicted octanol–water partition coefficient (Wildman–Crippen LogP) is 3.87. The van der Waals surface area contributed by atoms with Crippen LogP contribution in [0.3, 0.4) is 0 Å². The lowest BCUT2D eigenvalue weighted by molar-refractivity contribution is -0.384. The van der Waals surface area contributed by atoms with Gasteiger partial charge >= 0.3 is 0 Å². The van der Waals surface area contributed by atoms with Gasteiger partial charge in [-0.25, -0.2) is 0 Å². The molecule has 0 saturated carbocycles. The Hall–Kier alpha value is -3.16. The average Bonchev–Trinajstić information content (AvgIpc) is 2.46. The summed E-state index contributed by atoms with van der Waals surface area (Å²) in [6, 6.07) is 7.91. The molecule has 2 N–H and O–H groups in total. The zero-order chi connectivity index (χ0) is 17.1. The van der Waals surface area contributed by atoms with E-state index in [1.807, 2.05) is 0 Å². The minimum atomic E-state index is -0.507. The van der Waals surface area contributed by atoms with Crippen molar-refractivity contribution in [2.45, 2.75) is 20.8 Å². The fourth-order valence-electron chi connectivity index (χ4n) is 2.34. The van der Waals surface area contributed by atoms with Crippen LogP contribution in [0.5, 0.6) is 0 Å². The number of nitrogens with zero attached hydrogens (tertiary/aromatic N) is 2. The molecule has 0 fully saturated rings. The van der Waals surface area contributed by atoms with E-state index in [0.717, 1.165) is 5.56 Å². The largest absolute Gasteiger partial charge is 0.294 e. The van der Waals surface area contributed by atoms with Crippen LogP contribution in [-0.2, 0) is 0 Å². The first-order valence-corrected chi connectivity index (χ1v) is 6.83. The number of hydrazine groups is 1. The number of aryl methyl sites for hydroxylation is 3. The Labute approximate surface area is 132 Å². The van der Waals surface area contributed by atoms with E-state index in [4.69, 9.17) is 0 Å². The van der Waals surface area contributed by atoms with Gasteiger partial charge in [-0.05, 0) is 37.5 Å². The molecule has 0 aliphatic heterocycles. The van der Waals surface area contributed by atoms with Crippen LogP contribution in [0, 0.1) is 41.0 Å². The quantitative estimate of drug-likeness (QED) is 0.640. The SMILES string of the molecule is Cc1cc(C)c(NNc2c(C)cccc2[N+](=O)[O-])c([N+](=O)[O-])c1. The van der Waals surface area contributed by atoms with Gasteiger partial charge in [0.25, 0.3) is 11.4 Å². The van der Waals surface area contributed by atoms with Gasteiger partial charge in [-0.15, -0.1) is 0 Å². The van der Waals surface area contributed by atoms with Crippen molar-refractivity contribution in [3.05, 3.63) is 67.3 Å². The minimum Gasteiger partial charge on any atom is -0.294 e. The number of nitrogens with one attached hydrogen (secondary N) is 2. The maximum atomic E-state index is 11.2. The summed E-state index contributed by atoms with van der Waals surface area (Å²) in [5.41, 5.74) is 7.92. The Morgan fingerprint density at radius 1 is 0.826 bits per heavy atom. The molecule has 8 nitrogen and oxygen atoms in total. The summed E-state index contributed by atoms with van der Waals surface area (Å²) in [6.07, 6.45) is 0. The third kappa shape index (κ3) is 3.37. The number of benzene rings is 2. The van der Waals surface area contributed by atoms with Crippen LogP contribution < -0.4 is 10.9 Å². The number of hydrogen-bond acceptors (Lipinski definition) is 6. The molecule has 2 rings (SSSR count). The maximum absolute atomic E-state index is 11.2. The number of rotatable bonds is 5. The number of nitro benzene ring substituents is 2. The lowest BCUT2D eigenvalue weighted by atomic mass is 10.1. The van der Waals surface area contributed by atoms with Gasteiger partial charge in [0.15, 0.2) is 0 Å². The van der Waals surface area contributed by atoms with Gasteiger partial charge in [-0.3, -0.25) is 31.1 Å². The van der Waals surface area contributed by atoms with Gasteiger partial charge in [0.05, 0.1) is 9.85 Å². The van der Waals surface area contributed by atoms with Crippen molar-refractivity contribution < 1.29 is 9.85 Å². The molecule has 0 spiro atoms. The van der Waals surface area contributed by atoms with E-state index in [0.29, 0.717) is 11.1 Å². The lowest BCUT2D eigenvalue weighted by Crippen LogP contribution is -2.14. The predicted molar refractivity (Wildman–Crippen MR) is 87.6 cm³/mol. The smallest absolute Gasteiger partial charge is 0.294 e. The monoisotopic (exact) mass is 316 g/mol. The molecule has 120 valence electrons. The fraction of sp³-hybridized carbons (Fsp3) is 0.200. The highest BCUT2D eigenvalue weighted by atomic mass is 16.6. The van der Waals surface area contributed by atoms with Crippen LogP contribution in [-0.4, -0.2) is 9.85 Å². The summed E-state index contributed by atoms with van der Waals surface area (Å²) in [5.74, 6) is 0. The molecule has 0 aliphatic carbocycles. The van der Waals surface area contributed by atoms with Crippen molar-refractivity contribution in [1.29, 1.82) is 0 Å². The molecular formula is C15H16N4O4. The second-order valence-electron chi connectivity index (χ2n) is 5.21. The van der Waals surface area contributed by atoms with Crippen LogP contribution in [0.25, 0.3) is 0 Å². The van der Waals surface area contributed by atoms with Gasteiger partial charge < -0.3 is 0 Å². The van der Waals surface area contributed by atoms with Crippen molar-refractivity contribution in [2.75, 3.05) is 10.9 Å². The van der Waals surface area contributed by atoms with Gasteiger partial charge in [0, 0.05) is 12.1 Å². The van der Waals surface area contributed by atoms with E-state index in [1.54, 1.807) is 39.0 Å². The summed E-state index contributed by atoms with van der Waals surface area (Å²) < 4.78 is 0. The molecule has 0 amide bonds. The van der Waals surface area contributed by atoms with Gasteiger partial charge in [0.1, 0.15) is 11.4 Å². The summed E-state index contributed by atoms with van der Waals surface area (Å²) in [7, 11) is 0. The van der Waals surface area contributed by atoms with E-state index >= 15 is 0 Å². The number of hydrogen-bond donors (Lipinski definition) is 2. The Morgan fingerprint density at radius 2 is 1.39 bits per heavy atom. The molecule has 0 saturated heterocycles. The summed E-state index contributed by atoms with van der Waals surface area (Å²) in [6.45, 7) is 5.22. The minimum absolute atomic E-state index is 0.0914. The Kier molecular flexibility index (Phi) is 4.44. The summed E-state index contributed by atoms with van der Waals surface area (Å²) in [5, 5.41) is 22.3. The molecule has 0 aliphatic rings. The molecule has 8 heteroatoms. The second kappa shape index (κ2) is 6.30. The molecule has 2 aromatic carbocycles. The second-order valence-corrected chi connectivity index (χ2v) is 5.21. The molecule has 0 atom stereocenters. The van der Waals surface area contributed by atoms with Crippen molar-refractivity contribution in [3.8, 4) is 0 Å². The zero-order valence-corrected chi connectivity index (χ0v) is 12.9. The first kappa shape index (κ1) is 16.2. The van der Waals surface area contributed by atoms with E-state index in [1.165, 1.54) is 12.1 Å². The molecule has 0 bridgehead atoms. The van der Waals surface area contributed by atoms with E-state index in [2.05, 4.69) is 10.9 Å². The molecule has 0 aromatic heterocycles. The van der Waals surface area contributed by atoms with Crippen LogP contribution in [0.1, 0.15) is 16.7 Å². The number of nitro groups is 2. The van der Waals surface area contributed by atoms with E-state index in [-0.39, 0.29) is 22.7 Å². The summed E-state index contributed by atoms with van der Waals surface area (Å²) >= 11 is 0. The fourth-order valence-corrected chi connectivity index (χ4v) is 2.34. The topological polar surface area (TPSA) is 110 Å². The van der Waals surface area contributed by atoms with Gasteiger partial charge in [-0.2, -0.15) is 0 Å². The normalized spacial score (nSPS) is 10.2. The maximum Gasteiger partial charge on any atom is 0.294 e. The Bertz CT molecular complexity index is 789. The van der Waals surface area contributed by atoms with Crippen LogP contribution in [0.4, 0.5) is 22.7 Å². The molecule has 2 aromatic rings. The van der Waals surface area contributed by atoms with Crippen LogP contribution in [0.15, 0.2) is 30.3 Å². The van der Waals surface area contributed by atoms with Gasteiger partial charge in [-0.1, -0.05) is 18.2 Å². The van der Waals surface area contributed by atoms with Crippen molar-refractivity contribution >= 4 is 22.7 Å². The van der Waals surface area contributed by atoms with Crippen molar-refractivity contribution in [2.24, 2.45) is 0 Å². The number of para-hydroxylation sites is 1. The highest BCUT2D eigenvalue weighted by molar-refractivity contribution is 5.73. The van der Waals surface area contributed by atoms with Crippen molar-refractivity contribution in [3.63, 3.8) is 0 Å².